The van der Waals surface area contributed by atoms with Crippen LogP contribution in [0.25, 0.3) is 10.9 Å². The second-order valence-electron chi connectivity index (χ2n) is 4.88. The molecule has 17 heavy (non-hydrogen) atoms. The van der Waals surface area contributed by atoms with Crippen molar-refractivity contribution < 1.29 is 9.90 Å². The largest absolute Gasteiger partial charge is 0.481 e. The molecule has 0 radical (unpaired) electrons. The molecule has 3 rings (SSSR count). The molecule has 0 aliphatic heterocycles. The van der Waals surface area contributed by atoms with E-state index in [1.54, 1.807) is 0 Å². The number of nitrogens with zero attached hydrogens (tertiary/aromatic N) is 1. The molecule has 0 unspecified atom stereocenters. The summed E-state index contributed by atoms with van der Waals surface area (Å²) in [6.07, 6.45) is 4.56. The first-order valence-corrected chi connectivity index (χ1v) is 5.97. The lowest BCUT2D eigenvalue weighted by molar-refractivity contribution is -0.136. The number of hydrogen-bond acceptors (Lipinski definition) is 1. The molecule has 1 N–H and O–H groups in total. The van der Waals surface area contributed by atoms with E-state index in [9.17, 15) is 4.79 Å². The number of hydrogen-bond donors (Lipinski definition) is 1. The Morgan fingerprint density at radius 1 is 1.47 bits per heavy atom. The van der Waals surface area contributed by atoms with E-state index in [1.165, 1.54) is 23.9 Å². The molecule has 0 spiro atoms. The Morgan fingerprint density at radius 3 is 2.88 bits per heavy atom. The Balaban J connectivity index is 2.19. The van der Waals surface area contributed by atoms with Gasteiger partial charge in [0, 0.05) is 23.1 Å². The normalized spacial score (nSPS) is 15.4. The topological polar surface area (TPSA) is 42.2 Å². The molecule has 1 heterocycles. The third kappa shape index (κ3) is 1.82. The van der Waals surface area contributed by atoms with Crippen molar-refractivity contribution in [1.82, 2.24) is 4.57 Å². The summed E-state index contributed by atoms with van der Waals surface area (Å²) in [7, 11) is 0. The van der Waals surface area contributed by atoms with Gasteiger partial charge in [0.15, 0.2) is 0 Å². The number of carboxylic acids is 1. The van der Waals surface area contributed by atoms with Crippen LogP contribution in [-0.2, 0) is 11.2 Å². The van der Waals surface area contributed by atoms with Gasteiger partial charge in [-0.3, -0.25) is 4.79 Å². The summed E-state index contributed by atoms with van der Waals surface area (Å²) in [4.78, 5) is 10.9. The van der Waals surface area contributed by atoms with Crippen LogP contribution in [0.1, 0.15) is 30.0 Å². The number of carboxylic acid groups (broad SMARTS) is 1. The predicted molar refractivity (Wildman–Crippen MR) is 66.3 cm³/mol. The third-order valence-electron chi connectivity index (χ3n) is 3.35. The van der Waals surface area contributed by atoms with Gasteiger partial charge in [0.1, 0.15) is 0 Å². The van der Waals surface area contributed by atoms with E-state index >= 15 is 0 Å². The number of carbonyl (C=O) groups is 1. The van der Waals surface area contributed by atoms with Crippen LogP contribution in [0.3, 0.4) is 0 Å². The maximum absolute atomic E-state index is 10.9. The monoisotopic (exact) mass is 229 g/mol. The minimum Gasteiger partial charge on any atom is -0.481 e. The van der Waals surface area contributed by atoms with Gasteiger partial charge >= 0.3 is 5.97 Å². The quantitative estimate of drug-likeness (QED) is 0.879. The SMILES string of the molecule is Cc1ccc2c(CC(=O)O)cn(C3CC3)c2c1. The van der Waals surface area contributed by atoms with Crippen molar-refractivity contribution in [3.8, 4) is 0 Å². The molecule has 88 valence electrons. The smallest absolute Gasteiger partial charge is 0.307 e. The van der Waals surface area contributed by atoms with E-state index in [4.69, 9.17) is 5.11 Å². The second-order valence-corrected chi connectivity index (χ2v) is 4.88. The van der Waals surface area contributed by atoms with E-state index in [0.29, 0.717) is 6.04 Å². The average Bonchev–Trinajstić information content (AvgIpc) is 3.03. The van der Waals surface area contributed by atoms with Gasteiger partial charge in [-0.1, -0.05) is 12.1 Å². The van der Waals surface area contributed by atoms with Crippen molar-refractivity contribution in [3.63, 3.8) is 0 Å². The summed E-state index contributed by atoms with van der Waals surface area (Å²) < 4.78 is 2.25. The van der Waals surface area contributed by atoms with Gasteiger partial charge in [-0.15, -0.1) is 0 Å². The van der Waals surface area contributed by atoms with Crippen molar-refractivity contribution in [1.29, 1.82) is 0 Å². The van der Waals surface area contributed by atoms with Crippen LogP contribution in [0.15, 0.2) is 24.4 Å². The predicted octanol–water partition coefficient (Wildman–Crippen LogP) is 2.91. The minimum absolute atomic E-state index is 0.110. The number of aryl methyl sites for hydroxylation is 1. The molecule has 1 saturated carbocycles. The van der Waals surface area contributed by atoms with E-state index in [0.717, 1.165) is 10.9 Å². The first-order chi connectivity index (χ1) is 8.15. The van der Waals surface area contributed by atoms with Crippen LogP contribution in [0.2, 0.25) is 0 Å². The van der Waals surface area contributed by atoms with Crippen molar-refractivity contribution in [2.24, 2.45) is 0 Å². The van der Waals surface area contributed by atoms with Crippen molar-refractivity contribution in [2.75, 3.05) is 0 Å². The molecule has 3 nitrogen and oxygen atoms in total. The maximum Gasteiger partial charge on any atom is 0.307 e. The number of aromatic nitrogens is 1. The Kier molecular flexibility index (Phi) is 2.21. The van der Waals surface area contributed by atoms with Gasteiger partial charge in [0.25, 0.3) is 0 Å². The van der Waals surface area contributed by atoms with Crippen molar-refractivity contribution >= 4 is 16.9 Å². The average molecular weight is 229 g/mol. The zero-order valence-electron chi connectivity index (χ0n) is 9.81. The molecule has 3 heteroatoms. The highest BCUT2D eigenvalue weighted by Gasteiger charge is 2.26. The van der Waals surface area contributed by atoms with Crippen LogP contribution in [-0.4, -0.2) is 15.6 Å². The molecule has 0 saturated heterocycles. The lowest BCUT2D eigenvalue weighted by Gasteiger charge is -2.02. The molecule has 1 fully saturated rings. The van der Waals surface area contributed by atoms with Gasteiger partial charge in [0.05, 0.1) is 6.42 Å². The van der Waals surface area contributed by atoms with Crippen LogP contribution in [0.5, 0.6) is 0 Å². The molecule has 0 atom stereocenters. The van der Waals surface area contributed by atoms with Gasteiger partial charge in [-0.2, -0.15) is 0 Å². The first-order valence-electron chi connectivity index (χ1n) is 5.97. The van der Waals surface area contributed by atoms with E-state index in [1.807, 2.05) is 18.3 Å². The summed E-state index contributed by atoms with van der Waals surface area (Å²) in [5.41, 5.74) is 3.34. The highest BCUT2D eigenvalue weighted by Crippen LogP contribution is 2.39. The van der Waals surface area contributed by atoms with Gasteiger partial charge in [-0.25, -0.2) is 0 Å². The Hall–Kier alpha value is -1.77. The summed E-state index contributed by atoms with van der Waals surface area (Å²) in [6.45, 7) is 2.07. The van der Waals surface area contributed by atoms with Gasteiger partial charge in [-0.05, 0) is 37.0 Å². The second kappa shape index (κ2) is 3.62. The summed E-state index contributed by atoms with van der Waals surface area (Å²) in [6, 6.07) is 6.83. The first kappa shape index (κ1) is 10.4. The van der Waals surface area contributed by atoms with Crippen LogP contribution in [0.4, 0.5) is 0 Å². The molecule has 1 aromatic heterocycles. The highest BCUT2D eigenvalue weighted by molar-refractivity contribution is 5.88. The molecular formula is C14H15NO2. The molecule has 1 aromatic carbocycles. The highest BCUT2D eigenvalue weighted by atomic mass is 16.4. The van der Waals surface area contributed by atoms with E-state index < -0.39 is 5.97 Å². The molecule has 0 amide bonds. The molecule has 0 bridgehead atoms. The fraction of sp³-hybridized carbons (Fsp3) is 0.357. The molecule has 1 aliphatic rings. The number of aliphatic carboxylic acids is 1. The standard InChI is InChI=1S/C14H15NO2/c1-9-2-5-12-10(7-14(16)17)8-15(11-3-4-11)13(12)6-9/h2,5-6,8,11H,3-4,7H2,1H3,(H,16,17). The summed E-state index contributed by atoms with van der Waals surface area (Å²) >= 11 is 0. The van der Waals surface area contributed by atoms with Gasteiger partial charge < -0.3 is 9.67 Å². The fourth-order valence-electron chi connectivity index (χ4n) is 2.39. The Morgan fingerprint density at radius 2 is 2.24 bits per heavy atom. The van der Waals surface area contributed by atoms with Gasteiger partial charge in [0.2, 0.25) is 0 Å². The zero-order chi connectivity index (χ0) is 12.0. The van der Waals surface area contributed by atoms with Crippen LogP contribution < -0.4 is 0 Å². The maximum atomic E-state index is 10.9. The zero-order valence-corrected chi connectivity index (χ0v) is 9.81. The molecule has 2 aromatic rings. The van der Waals surface area contributed by atoms with E-state index in [2.05, 4.69) is 17.6 Å². The summed E-state index contributed by atoms with van der Waals surface area (Å²) in [5, 5.41) is 10.0. The summed E-state index contributed by atoms with van der Waals surface area (Å²) in [5.74, 6) is -0.763. The lowest BCUT2D eigenvalue weighted by atomic mass is 10.1. The van der Waals surface area contributed by atoms with Crippen molar-refractivity contribution in [3.05, 3.63) is 35.5 Å². The molecular weight excluding hydrogens is 214 g/mol. The Labute approximate surface area is 99.7 Å². The lowest BCUT2D eigenvalue weighted by Crippen LogP contribution is -1.99. The number of benzene rings is 1. The van der Waals surface area contributed by atoms with Crippen LogP contribution >= 0.6 is 0 Å². The van der Waals surface area contributed by atoms with Crippen LogP contribution in [0, 0.1) is 6.92 Å². The minimum atomic E-state index is -0.763. The Bertz CT molecular complexity index is 594. The third-order valence-corrected chi connectivity index (χ3v) is 3.35. The number of rotatable bonds is 3. The van der Waals surface area contributed by atoms with Crippen molar-refractivity contribution in [2.45, 2.75) is 32.2 Å². The number of fused-ring (bicyclic) bond motifs is 1. The van der Waals surface area contributed by atoms with E-state index in [-0.39, 0.29) is 6.42 Å². The molecule has 1 aliphatic carbocycles. The fourth-order valence-corrected chi connectivity index (χ4v) is 2.39.